The molecule has 2 aromatic rings. The van der Waals surface area contributed by atoms with Gasteiger partial charge in [0.25, 0.3) is 0 Å². The summed E-state index contributed by atoms with van der Waals surface area (Å²) in [6.07, 6.45) is 1.88. The second-order valence-electron chi connectivity index (χ2n) is 5.78. The molecular weight excluding hydrogens is 306 g/mol. The van der Waals surface area contributed by atoms with E-state index >= 15 is 0 Å². The van der Waals surface area contributed by atoms with Crippen LogP contribution in [0.5, 0.6) is 11.5 Å². The van der Waals surface area contributed by atoms with Crippen molar-refractivity contribution in [2.24, 2.45) is 5.92 Å². The van der Waals surface area contributed by atoms with Crippen LogP contribution in [0.4, 0.5) is 0 Å². The summed E-state index contributed by atoms with van der Waals surface area (Å²) in [7, 11) is 1.54. The SMILES string of the molecule is COc1cc(CNC(=S)CC(C)Cc2ccccc2)ccc1O. The van der Waals surface area contributed by atoms with E-state index in [0.29, 0.717) is 18.2 Å². The number of hydrogen-bond acceptors (Lipinski definition) is 3. The molecule has 0 spiro atoms. The molecule has 1 atom stereocenters. The molecule has 0 fully saturated rings. The highest BCUT2D eigenvalue weighted by atomic mass is 32.1. The predicted molar refractivity (Wildman–Crippen MR) is 98.0 cm³/mol. The standard InChI is InChI=1S/C19H23NO2S/c1-14(10-15-6-4-3-5-7-15)11-19(23)20-13-16-8-9-17(21)18(12-16)22-2/h3-9,12,14,21H,10-11,13H2,1-2H3,(H,20,23). The fraction of sp³-hybridized carbons (Fsp3) is 0.316. The van der Waals surface area contributed by atoms with Crippen LogP contribution in [0.25, 0.3) is 0 Å². The first-order valence-electron chi connectivity index (χ1n) is 7.75. The first-order valence-corrected chi connectivity index (χ1v) is 8.16. The van der Waals surface area contributed by atoms with E-state index in [1.807, 2.05) is 18.2 Å². The molecule has 0 radical (unpaired) electrons. The Morgan fingerprint density at radius 1 is 1.17 bits per heavy atom. The van der Waals surface area contributed by atoms with Gasteiger partial charge in [-0.1, -0.05) is 55.5 Å². The number of ether oxygens (including phenoxy) is 1. The minimum Gasteiger partial charge on any atom is -0.504 e. The van der Waals surface area contributed by atoms with Gasteiger partial charge in [0.15, 0.2) is 11.5 Å². The van der Waals surface area contributed by atoms with Crippen LogP contribution in [0.2, 0.25) is 0 Å². The molecule has 2 N–H and O–H groups in total. The summed E-state index contributed by atoms with van der Waals surface area (Å²) < 4.78 is 5.11. The molecule has 1 unspecified atom stereocenters. The van der Waals surface area contributed by atoms with Gasteiger partial charge < -0.3 is 15.2 Å². The molecule has 0 aliphatic carbocycles. The Kier molecular flexibility index (Phi) is 6.41. The summed E-state index contributed by atoms with van der Waals surface area (Å²) >= 11 is 5.44. The van der Waals surface area contributed by atoms with E-state index in [-0.39, 0.29) is 5.75 Å². The van der Waals surface area contributed by atoms with Crippen molar-refractivity contribution in [1.29, 1.82) is 0 Å². The lowest BCUT2D eigenvalue weighted by Gasteiger charge is -2.14. The number of nitrogens with one attached hydrogen (secondary N) is 1. The van der Waals surface area contributed by atoms with Gasteiger partial charge in [-0.05, 0) is 35.6 Å². The average Bonchev–Trinajstić information content (AvgIpc) is 2.55. The van der Waals surface area contributed by atoms with Crippen molar-refractivity contribution in [3.8, 4) is 11.5 Å². The normalized spacial score (nSPS) is 11.7. The molecule has 4 heteroatoms. The van der Waals surface area contributed by atoms with E-state index < -0.39 is 0 Å². The third-order valence-corrected chi connectivity index (χ3v) is 4.01. The molecule has 0 aromatic heterocycles. The number of thiocarbonyl (C=S) groups is 1. The van der Waals surface area contributed by atoms with Gasteiger partial charge in [-0.2, -0.15) is 0 Å². The smallest absolute Gasteiger partial charge is 0.160 e. The monoisotopic (exact) mass is 329 g/mol. The van der Waals surface area contributed by atoms with Gasteiger partial charge in [0.2, 0.25) is 0 Å². The van der Waals surface area contributed by atoms with Crippen molar-refractivity contribution in [3.63, 3.8) is 0 Å². The Labute approximate surface area is 143 Å². The van der Waals surface area contributed by atoms with Gasteiger partial charge >= 0.3 is 0 Å². The second kappa shape index (κ2) is 8.53. The number of rotatable bonds is 7. The summed E-state index contributed by atoms with van der Waals surface area (Å²) in [5.74, 6) is 1.12. The van der Waals surface area contributed by atoms with Gasteiger partial charge in [-0.3, -0.25) is 0 Å². The highest BCUT2D eigenvalue weighted by Gasteiger charge is 2.08. The zero-order chi connectivity index (χ0) is 16.7. The summed E-state index contributed by atoms with van der Waals surface area (Å²) in [5, 5.41) is 12.9. The lowest BCUT2D eigenvalue weighted by atomic mass is 9.98. The Morgan fingerprint density at radius 3 is 2.61 bits per heavy atom. The lowest BCUT2D eigenvalue weighted by molar-refractivity contribution is 0.373. The summed E-state index contributed by atoms with van der Waals surface area (Å²) in [6, 6.07) is 15.8. The molecule has 0 aliphatic heterocycles. The maximum atomic E-state index is 9.60. The zero-order valence-corrected chi connectivity index (χ0v) is 14.4. The average molecular weight is 329 g/mol. The van der Waals surface area contributed by atoms with Gasteiger partial charge in [0.05, 0.1) is 12.1 Å². The second-order valence-corrected chi connectivity index (χ2v) is 6.27. The van der Waals surface area contributed by atoms with Crippen molar-refractivity contribution in [1.82, 2.24) is 5.32 Å². The van der Waals surface area contributed by atoms with Crippen LogP contribution >= 0.6 is 12.2 Å². The first-order chi connectivity index (χ1) is 11.1. The number of benzene rings is 2. The van der Waals surface area contributed by atoms with Crippen molar-refractivity contribution in [2.75, 3.05) is 7.11 Å². The quantitative estimate of drug-likeness (QED) is 0.751. The largest absolute Gasteiger partial charge is 0.504 e. The molecule has 0 saturated heterocycles. The zero-order valence-electron chi connectivity index (χ0n) is 13.6. The van der Waals surface area contributed by atoms with Gasteiger partial charge in [0.1, 0.15) is 0 Å². The molecule has 0 amide bonds. The highest BCUT2D eigenvalue weighted by Crippen LogP contribution is 2.26. The summed E-state index contributed by atoms with van der Waals surface area (Å²) in [5.41, 5.74) is 2.36. The number of phenols is 1. The Balaban J connectivity index is 1.80. The van der Waals surface area contributed by atoms with Gasteiger partial charge in [-0.25, -0.2) is 0 Å². The van der Waals surface area contributed by atoms with Crippen LogP contribution in [-0.2, 0) is 13.0 Å². The van der Waals surface area contributed by atoms with Gasteiger partial charge in [0, 0.05) is 13.0 Å². The van der Waals surface area contributed by atoms with E-state index in [0.717, 1.165) is 23.4 Å². The number of hydrogen-bond donors (Lipinski definition) is 2. The van der Waals surface area contributed by atoms with Crippen LogP contribution in [0.15, 0.2) is 48.5 Å². The molecule has 2 rings (SSSR count). The third-order valence-electron chi connectivity index (χ3n) is 3.69. The molecule has 122 valence electrons. The summed E-state index contributed by atoms with van der Waals surface area (Å²) in [6.45, 7) is 2.85. The van der Waals surface area contributed by atoms with Crippen LogP contribution < -0.4 is 10.1 Å². The molecule has 0 saturated carbocycles. The molecule has 23 heavy (non-hydrogen) atoms. The van der Waals surface area contributed by atoms with E-state index in [4.69, 9.17) is 17.0 Å². The first kappa shape index (κ1) is 17.3. The van der Waals surface area contributed by atoms with E-state index in [9.17, 15) is 5.11 Å². The molecule has 0 aliphatic rings. The predicted octanol–water partition coefficient (Wildman–Crippen LogP) is 4.09. The Morgan fingerprint density at radius 2 is 1.91 bits per heavy atom. The summed E-state index contributed by atoms with van der Waals surface area (Å²) in [4.78, 5) is 0.862. The minimum absolute atomic E-state index is 0.148. The van der Waals surface area contributed by atoms with Crippen molar-refractivity contribution in [2.45, 2.75) is 26.3 Å². The van der Waals surface area contributed by atoms with Crippen LogP contribution in [-0.4, -0.2) is 17.2 Å². The fourth-order valence-electron chi connectivity index (χ4n) is 2.51. The number of phenolic OH excluding ortho intramolecular Hbond substituents is 1. The van der Waals surface area contributed by atoms with Crippen molar-refractivity contribution in [3.05, 3.63) is 59.7 Å². The number of methoxy groups -OCH3 is 1. The number of aromatic hydroxyl groups is 1. The van der Waals surface area contributed by atoms with E-state index in [1.165, 1.54) is 5.56 Å². The van der Waals surface area contributed by atoms with Crippen molar-refractivity contribution >= 4 is 17.2 Å². The van der Waals surface area contributed by atoms with Crippen molar-refractivity contribution < 1.29 is 9.84 Å². The minimum atomic E-state index is 0.148. The Bertz CT molecular complexity index is 643. The van der Waals surface area contributed by atoms with E-state index in [2.05, 4.69) is 36.5 Å². The maximum Gasteiger partial charge on any atom is 0.160 e. The third kappa shape index (κ3) is 5.57. The molecular formula is C19H23NO2S. The topological polar surface area (TPSA) is 41.5 Å². The maximum absolute atomic E-state index is 9.60. The van der Waals surface area contributed by atoms with Crippen LogP contribution in [0, 0.1) is 5.92 Å². The lowest BCUT2D eigenvalue weighted by Crippen LogP contribution is -2.23. The molecule has 3 nitrogen and oxygen atoms in total. The molecule has 0 bridgehead atoms. The molecule has 2 aromatic carbocycles. The van der Waals surface area contributed by atoms with Crippen LogP contribution in [0.3, 0.4) is 0 Å². The fourth-order valence-corrected chi connectivity index (χ4v) is 2.87. The highest BCUT2D eigenvalue weighted by molar-refractivity contribution is 7.80. The van der Waals surface area contributed by atoms with Gasteiger partial charge in [-0.15, -0.1) is 0 Å². The van der Waals surface area contributed by atoms with Crippen LogP contribution in [0.1, 0.15) is 24.5 Å². The Hall–Kier alpha value is -2.07. The van der Waals surface area contributed by atoms with E-state index in [1.54, 1.807) is 13.2 Å². The molecule has 0 heterocycles.